The summed E-state index contributed by atoms with van der Waals surface area (Å²) in [4.78, 5) is 36.4. The molecule has 0 aliphatic heterocycles. The Kier molecular flexibility index (Phi) is 6.33. The van der Waals surface area contributed by atoms with Gasteiger partial charge in [0.25, 0.3) is 5.91 Å². The summed E-state index contributed by atoms with van der Waals surface area (Å²) in [6, 6.07) is 7.04. The largest absolute Gasteiger partial charge is 0.452 e. The average Bonchev–Trinajstić information content (AvgIpc) is 2.81. The Balaban J connectivity index is 2.01. The lowest BCUT2D eigenvalue weighted by Gasteiger charge is -2.08. The standard InChI is InChI=1S/C17H17BrN2O4S/c1-9-10(2)25-16(19-11(3)21)15(9)17(23)24-8-14(22)20-13-6-4-12(18)5-7-13/h4-7H,8H2,1-3H3,(H,19,21)(H,20,22). The van der Waals surface area contributed by atoms with E-state index in [1.165, 1.54) is 18.3 Å². The number of halogens is 1. The number of hydrogen-bond acceptors (Lipinski definition) is 5. The number of carbonyl (C=O) groups is 3. The Labute approximate surface area is 157 Å². The van der Waals surface area contributed by atoms with Crippen molar-refractivity contribution in [3.8, 4) is 0 Å². The first kappa shape index (κ1) is 19.1. The summed E-state index contributed by atoms with van der Waals surface area (Å²) in [7, 11) is 0. The molecule has 0 aliphatic rings. The topological polar surface area (TPSA) is 84.5 Å². The molecule has 1 aromatic heterocycles. The summed E-state index contributed by atoms with van der Waals surface area (Å²) in [5.41, 5.74) is 1.62. The van der Waals surface area contributed by atoms with Crippen LogP contribution < -0.4 is 10.6 Å². The van der Waals surface area contributed by atoms with E-state index in [1.807, 2.05) is 6.92 Å². The summed E-state index contributed by atoms with van der Waals surface area (Å²) >= 11 is 4.61. The maximum Gasteiger partial charge on any atom is 0.341 e. The Morgan fingerprint density at radius 3 is 2.36 bits per heavy atom. The van der Waals surface area contributed by atoms with E-state index < -0.39 is 18.5 Å². The lowest BCUT2D eigenvalue weighted by Crippen LogP contribution is -2.21. The van der Waals surface area contributed by atoms with E-state index in [1.54, 1.807) is 31.2 Å². The Hall–Kier alpha value is -2.19. The first-order chi connectivity index (χ1) is 11.8. The fourth-order valence-corrected chi connectivity index (χ4v) is 3.41. The molecule has 0 radical (unpaired) electrons. The Morgan fingerprint density at radius 2 is 1.76 bits per heavy atom. The third kappa shape index (κ3) is 5.14. The van der Waals surface area contributed by atoms with E-state index in [-0.39, 0.29) is 11.5 Å². The van der Waals surface area contributed by atoms with Gasteiger partial charge in [-0.1, -0.05) is 15.9 Å². The van der Waals surface area contributed by atoms with Gasteiger partial charge in [-0.3, -0.25) is 9.59 Å². The van der Waals surface area contributed by atoms with Gasteiger partial charge in [0.15, 0.2) is 6.61 Å². The van der Waals surface area contributed by atoms with Crippen LogP contribution in [0.15, 0.2) is 28.7 Å². The number of carbonyl (C=O) groups excluding carboxylic acids is 3. The van der Waals surface area contributed by atoms with E-state index in [0.717, 1.165) is 14.9 Å². The van der Waals surface area contributed by atoms with Crippen molar-refractivity contribution in [3.05, 3.63) is 44.7 Å². The fraction of sp³-hybridized carbons (Fsp3) is 0.235. The monoisotopic (exact) mass is 424 g/mol. The molecule has 0 bridgehead atoms. The van der Waals surface area contributed by atoms with Crippen molar-refractivity contribution in [2.45, 2.75) is 20.8 Å². The van der Waals surface area contributed by atoms with Crippen molar-refractivity contribution < 1.29 is 19.1 Å². The van der Waals surface area contributed by atoms with Crippen LogP contribution >= 0.6 is 27.3 Å². The maximum absolute atomic E-state index is 12.3. The number of anilines is 2. The van der Waals surface area contributed by atoms with E-state index in [4.69, 9.17) is 4.74 Å². The summed E-state index contributed by atoms with van der Waals surface area (Å²) in [5.74, 6) is -1.36. The molecule has 0 saturated carbocycles. The van der Waals surface area contributed by atoms with Crippen LogP contribution in [-0.2, 0) is 14.3 Å². The minimum atomic E-state index is -0.642. The minimum absolute atomic E-state index is 0.275. The average molecular weight is 425 g/mol. The van der Waals surface area contributed by atoms with Gasteiger partial charge in [0.05, 0.1) is 5.56 Å². The molecule has 2 amide bonds. The molecule has 2 N–H and O–H groups in total. The van der Waals surface area contributed by atoms with E-state index in [9.17, 15) is 14.4 Å². The molecule has 132 valence electrons. The smallest absolute Gasteiger partial charge is 0.341 e. The first-order valence-corrected chi connectivity index (χ1v) is 8.99. The predicted octanol–water partition coefficient (Wildman–Crippen LogP) is 3.88. The quantitative estimate of drug-likeness (QED) is 0.713. The first-order valence-electron chi connectivity index (χ1n) is 7.38. The highest BCUT2D eigenvalue weighted by Gasteiger charge is 2.22. The van der Waals surface area contributed by atoms with Gasteiger partial charge >= 0.3 is 5.97 Å². The van der Waals surface area contributed by atoms with Crippen molar-refractivity contribution in [3.63, 3.8) is 0 Å². The Morgan fingerprint density at radius 1 is 1.12 bits per heavy atom. The summed E-state index contributed by atoms with van der Waals surface area (Å²) in [5, 5.41) is 5.69. The molecule has 25 heavy (non-hydrogen) atoms. The number of benzene rings is 1. The third-order valence-corrected chi connectivity index (χ3v) is 4.99. The van der Waals surface area contributed by atoms with Gasteiger partial charge in [-0.05, 0) is 43.7 Å². The highest BCUT2D eigenvalue weighted by molar-refractivity contribution is 9.10. The van der Waals surface area contributed by atoms with E-state index in [2.05, 4.69) is 26.6 Å². The van der Waals surface area contributed by atoms with Crippen molar-refractivity contribution in [1.29, 1.82) is 0 Å². The molecule has 2 aromatic rings. The molecule has 1 aromatic carbocycles. The molecule has 0 saturated heterocycles. The number of ether oxygens (including phenoxy) is 1. The zero-order valence-electron chi connectivity index (χ0n) is 13.9. The molecule has 6 nitrogen and oxygen atoms in total. The number of nitrogens with one attached hydrogen (secondary N) is 2. The maximum atomic E-state index is 12.3. The van der Waals surface area contributed by atoms with Gasteiger partial charge < -0.3 is 15.4 Å². The second-order valence-electron chi connectivity index (χ2n) is 5.30. The fourth-order valence-electron chi connectivity index (χ4n) is 2.05. The number of aryl methyl sites for hydroxylation is 1. The second kappa shape index (κ2) is 8.26. The minimum Gasteiger partial charge on any atom is -0.452 e. The molecular formula is C17H17BrN2O4S. The van der Waals surface area contributed by atoms with Gasteiger partial charge in [0.1, 0.15) is 5.00 Å². The van der Waals surface area contributed by atoms with Crippen LogP contribution in [0.2, 0.25) is 0 Å². The molecular weight excluding hydrogens is 408 g/mol. The second-order valence-corrected chi connectivity index (χ2v) is 7.44. The molecule has 0 unspecified atom stereocenters. The highest BCUT2D eigenvalue weighted by Crippen LogP contribution is 2.32. The summed E-state index contributed by atoms with van der Waals surface area (Å²) in [6.45, 7) is 4.58. The van der Waals surface area contributed by atoms with E-state index in [0.29, 0.717) is 10.7 Å². The van der Waals surface area contributed by atoms with Crippen molar-refractivity contribution in [2.75, 3.05) is 17.2 Å². The highest BCUT2D eigenvalue weighted by atomic mass is 79.9. The van der Waals surface area contributed by atoms with Crippen molar-refractivity contribution >= 4 is 55.7 Å². The predicted molar refractivity (Wildman–Crippen MR) is 101 cm³/mol. The van der Waals surface area contributed by atoms with Crippen LogP contribution in [0, 0.1) is 13.8 Å². The van der Waals surface area contributed by atoms with Gasteiger partial charge in [0.2, 0.25) is 5.91 Å². The molecule has 0 aliphatic carbocycles. The summed E-state index contributed by atoms with van der Waals surface area (Å²) in [6.07, 6.45) is 0. The van der Waals surface area contributed by atoms with Crippen molar-refractivity contribution in [2.24, 2.45) is 0 Å². The van der Waals surface area contributed by atoms with Gasteiger partial charge in [-0.2, -0.15) is 0 Å². The molecule has 0 spiro atoms. The zero-order valence-corrected chi connectivity index (χ0v) is 16.3. The Bertz CT molecular complexity index is 815. The number of thiophene rings is 1. The lowest BCUT2D eigenvalue weighted by molar-refractivity contribution is -0.119. The van der Waals surface area contributed by atoms with Crippen LogP contribution in [-0.4, -0.2) is 24.4 Å². The van der Waals surface area contributed by atoms with Crippen LogP contribution in [0.1, 0.15) is 27.7 Å². The van der Waals surface area contributed by atoms with Crippen LogP contribution in [0.4, 0.5) is 10.7 Å². The van der Waals surface area contributed by atoms with Crippen LogP contribution in [0.5, 0.6) is 0 Å². The molecule has 0 fully saturated rings. The normalized spacial score (nSPS) is 10.2. The third-order valence-electron chi connectivity index (χ3n) is 3.34. The zero-order chi connectivity index (χ0) is 18.6. The number of rotatable bonds is 5. The van der Waals surface area contributed by atoms with E-state index >= 15 is 0 Å². The van der Waals surface area contributed by atoms with Crippen LogP contribution in [0.3, 0.4) is 0 Å². The molecule has 2 rings (SSSR count). The van der Waals surface area contributed by atoms with Gasteiger partial charge in [0, 0.05) is 22.0 Å². The van der Waals surface area contributed by atoms with Gasteiger partial charge in [-0.15, -0.1) is 11.3 Å². The number of hydrogen-bond donors (Lipinski definition) is 2. The van der Waals surface area contributed by atoms with Crippen molar-refractivity contribution in [1.82, 2.24) is 0 Å². The molecule has 0 atom stereocenters. The molecule has 1 heterocycles. The number of esters is 1. The SMILES string of the molecule is CC(=O)Nc1sc(C)c(C)c1C(=O)OCC(=O)Nc1ccc(Br)cc1. The molecule has 8 heteroatoms. The van der Waals surface area contributed by atoms with Crippen LogP contribution in [0.25, 0.3) is 0 Å². The lowest BCUT2D eigenvalue weighted by atomic mass is 10.1. The van der Waals surface area contributed by atoms with Gasteiger partial charge in [-0.25, -0.2) is 4.79 Å². The number of amides is 2. The summed E-state index contributed by atoms with van der Waals surface area (Å²) < 4.78 is 5.99.